The van der Waals surface area contributed by atoms with Gasteiger partial charge in [-0.15, -0.1) is 0 Å². The minimum Gasteiger partial charge on any atom is -0.377 e. The van der Waals surface area contributed by atoms with Crippen molar-refractivity contribution in [1.29, 1.82) is 0 Å². The predicted octanol–water partition coefficient (Wildman–Crippen LogP) is 3.61. The Hall–Kier alpha value is -1.58. The first kappa shape index (κ1) is 15.8. The van der Waals surface area contributed by atoms with Crippen molar-refractivity contribution in [2.45, 2.75) is 39.8 Å². The van der Waals surface area contributed by atoms with Crippen molar-refractivity contribution >= 4 is 0 Å². The van der Waals surface area contributed by atoms with E-state index in [2.05, 4.69) is 67.9 Å². The highest BCUT2D eigenvalue weighted by Crippen LogP contribution is 2.20. The van der Waals surface area contributed by atoms with Gasteiger partial charge in [-0.1, -0.05) is 18.2 Å². The van der Waals surface area contributed by atoms with E-state index in [0.29, 0.717) is 0 Å². The third-order valence-corrected chi connectivity index (χ3v) is 3.97. The molecule has 0 radical (unpaired) electrons. The molecule has 0 atom stereocenters. The number of nitrogens with zero attached hydrogens (tertiary/aromatic N) is 1. The summed E-state index contributed by atoms with van der Waals surface area (Å²) in [5, 5.41) is 3.49. The molecule has 0 spiro atoms. The second-order valence-corrected chi connectivity index (χ2v) is 6.13. The van der Waals surface area contributed by atoms with Gasteiger partial charge in [0, 0.05) is 37.3 Å². The van der Waals surface area contributed by atoms with Gasteiger partial charge in [-0.2, -0.15) is 0 Å². The van der Waals surface area contributed by atoms with Crippen LogP contribution < -0.4 is 5.32 Å². The summed E-state index contributed by atoms with van der Waals surface area (Å²) >= 11 is 0. The molecular weight excluding hydrogens is 260 g/mol. The number of ether oxygens (including phenoxy) is 1. The summed E-state index contributed by atoms with van der Waals surface area (Å²) in [6.07, 6.45) is 0. The Morgan fingerprint density at radius 3 is 2.43 bits per heavy atom. The molecule has 1 aromatic heterocycles. The lowest BCUT2D eigenvalue weighted by atomic mass is 10.1. The summed E-state index contributed by atoms with van der Waals surface area (Å²) < 4.78 is 7.74. The Labute approximate surface area is 127 Å². The lowest BCUT2D eigenvalue weighted by Gasteiger charge is -2.23. The largest absolute Gasteiger partial charge is 0.377 e. The van der Waals surface area contributed by atoms with E-state index in [1.807, 2.05) is 6.07 Å². The van der Waals surface area contributed by atoms with Crippen LogP contribution in [-0.4, -0.2) is 23.8 Å². The highest BCUT2D eigenvalue weighted by atomic mass is 16.5. The molecule has 114 valence electrons. The zero-order chi connectivity index (χ0) is 15.5. The molecule has 3 heteroatoms. The fourth-order valence-electron chi connectivity index (χ4n) is 2.55. The summed E-state index contributed by atoms with van der Waals surface area (Å²) in [6, 6.07) is 12.7. The van der Waals surface area contributed by atoms with Gasteiger partial charge in [-0.3, -0.25) is 0 Å². The Morgan fingerprint density at radius 1 is 1.14 bits per heavy atom. The molecule has 0 saturated carbocycles. The van der Waals surface area contributed by atoms with Crippen LogP contribution in [0.1, 0.15) is 30.8 Å². The lowest BCUT2D eigenvalue weighted by molar-refractivity contribution is 0.0230. The number of aromatic nitrogens is 1. The van der Waals surface area contributed by atoms with Gasteiger partial charge in [0.05, 0.1) is 5.60 Å². The van der Waals surface area contributed by atoms with Crippen molar-refractivity contribution in [3.8, 4) is 5.69 Å². The molecule has 21 heavy (non-hydrogen) atoms. The van der Waals surface area contributed by atoms with E-state index in [-0.39, 0.29) is 5.60 Å². The van der Waals surface area contributed by atoms with Crippen LogP contribution in [0.2, 0.25) is 0 Å². The molecule has 0 bridgehead atoms. The van der Waals surface area contributed by atoms with Gasteiger partial charge in [-0.05, 0) is 51.5 Å². The molecule has 0 aliphatic carbocycles. The van der Waals surface area contributed by atoms with Crippen LogP contribution in [0.15, 0.2) is 36.4 Å². The first-order chi connectivity index (χ1) is 9.94. The number of rotatable bonds is 6. The van der Waals surface area contributed by atoms with Gasteiger partial charge in [0.2, 0.25) is 0 Å². The quantitative estimate of drug-likeness (QED) is 0.878. The standard InChI is InChI=1S/C18H26N2O/c1-14-11-16(12-19-13-18(3,4)21-5)15(2)20(14)17-9-7-6-8-10-17/h6-11,19H,12-13H2,1-5H3. The smallest absolute Gasteiger partial charge is 0.0746 e. The van der Waals surface area contributed by atoms with E-state index in [1.165, 1.54) is 22.6 Å². The van der Waals surface area contributed by atoms with Crippen LogP contribution in [0.25, 0.3) is 5.69 Å². The molecule has 1 heterocycles. The van der Waals surface area contributed by atoms with Crippen LogP contribution in [0.4, 0.5) is 0 Å². The van der Waals surface area contributed by atoms with Crippen molar-refractivity contribution in [3.63, 3.8) is 0 Å². The molecule has 0 fully saturated rings. The maximum absolute atomic E-state index is 5.44. The Morgan fingerprint density at radius 2 is 1.81 bits per heavy atom. The number of nitrogens with one attached hydrogen (secondary N) is 1. The minimum atomic E-state index is -0.134. The highest BCUT2D eigenvalue weighted by molar-refractivity contribution is 5.40. The number of aryl methyl sites for hydroxylation is 1. The van der Waals surface area contributed by atoms with Gasteiger partial charge in [0.25, 0.3) is 0 Å². The van der Waals surface area contributed by atoms with E-state index in [1.54, 1.807) is 7.11 Å². The van der Waals surface area contributed by atoms with Crippen LogP contribution in [0, 0.1) is 13.8 Å². The van der Waals surface area contributed by atoms with Crippen molar-refractivity contribution in [3.05, 3.63) is 53.3 Å². The Kier molecular flexibility index (Phi) is 4.86. The molecule has 0 saturated heterocycles. The van der Waals surface area contributed by atoms with E-state index in [4.69, 9.17) is 4.74 Å². The predicted molar refractivity (Wildman–Crippen MR) is 88.0 cm³/mol. The monoisotopic (exact) mass is 286 g/mol. The zero-order valence-corrected chi connectivity index (χ0v) is 13.7. The molecule has 0 amide bonds. The summed E-state index contributed by atoms with van der Waals surface area (Å²) in [5.74, 6) is 0. The maximum Gasteiger partial charge on any atom is 0.0746 e. The number of hydrogen-bond donors (Lipinski definition) is 1. The summed E-state index contributed by atoms with van der Waals surface area (Å²) in [4.78, 5) is 0. The topological polar surface area (TPSA) is 26.2 Å². The summed E-state index contributed by atoms with van der Waals surface area (Å²) in [6.45, 7) is 10.2. The van der Waals surface area contributed by atoms with Crippen molar-refractivity contribution in [2.75, 3.05) is 13.7 Å². The van der Waals surface area contributed by atoms with E-state index >= 15 is 0 Å². The molecule has 1 aromatic carbocycles. The van der Waals surface area contributed by atoms with Gasteiger partial charge in [0.1, 0.15) is 0 Å². The third-order valence-electron chi connectivity index (χ3n) is 3.97. The average Bonchev–Trinajstić information content (AvgIpc) is 2.74. The lowest BCUT2D eigenvalue weighted by Crippen LogP contribution is -2.36. The second kappa shape index (κ2) is 6.46. The molecule has 0 unspecified atom stereocenters. The van der Waals surface area contributed by atoms with Gasteiger partial charge < -0.3 is 14.6 Å². The summed E-state index contributed by atoms with van der Waals surface area (Å²) in [7, 11) is 1.75. The third kappa shape index (κ3) is 3.74. The zero-order valence-electron chi connectivity index (χ0n) is 13.7. The summed E-state index contributed by atoms with van der Waals surface area (Å²) in [5.41, 5.74) is 4.98. The molecule has 1 N–H and O–H groups in total. The van der Waals surface area contributed by atoms with Crippen LogP contribution in [0.3, 0.4) is 0 Å². The van der Waals surface area contributed by atoms with E-state index in [9.17, 15) is 0 Å². The molecular formula is C18H26N2O. The van der Waals surface area contributed by atoms with Gasteiger partial charge >= 0.3 is 0 Å². The van der Waals surface area contributed by atoms with Crippen LogP contribution >= 0.6 is 0 Å². The molecule has 0 aliphatic heterocycles. The van der Waals surface area contributed by atoms with Gasteiger partial charge in [-0.25, -0.2) is 0 Å². The maximum atomic E-state index is 5.44. The number of benzene rings is 1. The fraction of sp³-hybridized carbons (Fsp3) is 0.444. The van der Waals surface area contributed by atoms with Crippen molar-refractivity contribution in [1.82, 2.24) is 9.88 Å². The average molecular weight is 286 g/mol. The van der Waals surface area contributed by atoms with Crippen molar-refractivity contribution in [2.24, 2.45) is 0 Å². The van der Waals surface area contributed by atoms with Crippen LogP contribution in [-0.2, 0) is 11.3 Å². The molecule has 3 nitrogen and oxygen atoms in total. The first-order valence-electron chi connectivity index (χ1n) is 7.44. The SMILES string of the molecule is COC(C)(C)CNCc1cc(C)n(-c2ccccc2)c1C. The molecule has 0 aliphatic rings. The Bertz CT molecular complexity index is 585. The second-order valence-electron chi connectivity index (χ2n) is 6.13. The minimum absolute atomic E-state index is 0.134. The van der Waals surface area contributed by atoms with E-state index in [0.717, 1.165) is 13.1 Å². The van der Waals surface area contributed by atoms with Crippen molar-refractivity contribution < 1.29 is 4.74 Å². The number of hydrogen-bond acceptors (Lipinski definition) is 2. The number of methoxy groups -OCH3 is 1. The Balaban J connectivity index is 2.13. The first-order valence-corrected chi connectivity index (χ1v) is 7.44. The number of para-hydroxylation sites is 1. The van der Waals surface area contributed by atoms with Crippen LogP contribution in [0.5, 0.6) is 0 Å². The van der Waals surface area contributed by atoms with Gasteiger partial charge in [0.15, 0.2) is 0 Å². The van der Waals surface area contributed by atoms with E-state index < -0.39 is 0 Å². The molecule has 2 rings (SSSR count). The fourth-order valence-corrected chi connectivity index (χ4v) is 2.55. The highest BCUT2D eigenvalue weighted by Gasteiger charge is 2.16. The molecule has 2 aromatic rings. The normalized spacial score (nSPS) is 11.9.